The van der Waals surface area contributed by atoms with Crippen molar-refractivity contribution in [2.45, 2.75) is 37.8 Å². The average Bonchev–Trinajstić information content (AvgIpc) is 3.61. The van der Waals surface area contributed by atoms with Crippen LogP contribution in [-0.4, -0.2) is 67.9 Å². The monoisotopic (exact) mass is 434 g/mol. The molecule has 2 N–H and O–H groups in total. The van der Waals surface area contributed by atoms with Crippen LogP contribution >= 0.6 is 0 Å². The second-order valence-electron chi connectivity index (χ2n) is 8.30. The molecule has 0 bridgehead atoms. The Balaban J connectivity index is 1.25. The summed E-state index contributed by atoms with van der Waals surface area (Å²) in [6, 6.07) is 7.84. The lowest BCUT2D eigenvalue weighted by molar-refractivity contribution is 0.0908. The van der Waals surface area contributed by atoms with Gasteiger partial charge in [-0.15, -0.1) is 0 Å². The molecule has 2 fully saturated rings. The summed E-state index contributed by atoms with van der Waals surface area (Å²) < 4.78 is 6.47. The van der Waals surface area contributed by atoms with Crippen LogP contribution in [0.2, 0.25) is 0 Å². The number of methoxy groups -OCH3 is 1. The fourth-order valence-corrected chi connectivity index (χ4v) is 4.16. The Morgan fingerprint density at radius 3 is 2.62 bits per heavy atom. The molecule has 1 aliphatic carbocycles. The average molecular weight is 435 g/mol. The molecule has 0 radical (unpaired) electrons. The van der Waals surface area contributed by atoms with Gasteiger partial charge in [0.1, 0.15) is 0 Å². The topological polar surface area (TPSA) is 105 Å². The van der Waals surface area contributed by atoms with E-state index in [4.69, 9.17) is 4.74 Å². The van der Waals surface area contributed by atoms with Gasteiger partial charge in [0.05, 0.1) is 24.4 Å². The van der Waals surface area contributed by atoms with Crippen molar-refractivity contribution in [3.05, 3.63) is 48.4 Å². The van der Waals surface area contributed by atoms with Crippen molar-refractivity contribution in [1.82, 2.24) is 30.0 Å². The van der Waals surface area contributed by atoms with Crippen molar-refractivity contribution < 1.29 is 14.6 Å². The van der Waals surface area contributed by atoms with Gasteiger partial charge in [0.25, 0.3) is 5.91 Å². The van der Waals surface area contributed by atoms with E-state index in [-0.39, 0.29) is 17.8 Å². The first-order valence-electron chi connectivity index (χ1n) is 10.9. The zero-order chi connectivity index (χ0) is 22.1. The number of ether oxygens (including phenoxy) is 1. The van der Waals surface area contributed by atoms with E-state index in [1.54, 1.807) is 36.7 Å². The molecule has 3 aromatic rings. The molecule has 9 nitrogen and oxygen atoms in total. The van der Waals surface area contributed by atoms with E-state index in [0.29, 0.717) is 22.8 Å². The largest absolute Gasteiger partial charge is 0.493 e. The highest BCUT2D eigenvalue weighted by Gasteiger charge is 2.32. The van der Waals surface area contributed by atoms with Crippen LogP contribution in [0.3, 0.4) is 0 Å². The highest BCUT2D eigenvalue weighted by atomic mass is 16.5. The Hall–Kier alpha value is -3.46. The third-order valence-corrected chi connectivity index (χ3v) is 6.15. The van der Waals surface area contributed by atoms with Crippen molar-refractivity contribution in [1.29, 1.82) is 0 Å². The number of aromatic nitrogens is 4. The van der Waals surface area contributed by atoms with Crippen molar-refractivity contribution in [3.63, 3.8) is 0 Å². The summed E-state index contributed by atoms with van der Waals surface area (Å²) in [6.45, 7) is 2.11. The number of carbonyl (C=O) groups excluding carboxylic acids is 1. The van der Waals surface area contributed by atoms with Gasteiger partial charge in [-0.2, -0.15) is 9.78 Å². The van der Waals surface area contributed by atoms with E-state index in [1.165, 1.54) is 30.8 Å². The zero-order valence-electron chi connectivity index (χ0n) is 17.9. The van der Waals surface area contributed by atoms with Crippen molar-refractivity contribution in [3.8, 4) is 28.7 Å². The molecule has 0 spiro atoms. The Bertz CT molecular complexity index is 1100. The second-order valence-corrected chi connectivity index (χ2v) is 8.30. The molecule has 0 unspecified atom stereocenters. The molecule has 0 aromatic carbocycles. The lowest BCUT2D eigenvalue weighted by atomic mass is 10.0. The van der Waals surface area contributed by atoms with Gasteiger partial charge in [-0.05, 0) is 49.4 Å². The molecule has 4 heterocycles. The summed E-state index contributed by atoms with van der Waals surface area (Å²) in [4.78, 5) is 23.6. The van der Waals surface area contributed by atoms with Crippen LogP contribution in [0.15, 0.2) is 42.9 Å². The number of nitrogens with zero attached hydrogens (tertiary/aromatic N) is 5. The second kappa shape index (κ2) is 8.58. The molecule has 1 amide bonds. The lowest BCUT2D eigenvalue weighted by Crippen LogP contribution is -2.45. The van der Waals surface area contributed by atoms with E-state index in [1.807, 2.05) is 0 Å². The molecule has 3 aromatic heterocycles. The van der Waals surface area contributed by atoms with Gasteiger partial charge in [0.15, 0.2) is 5.82 Å². The normalized spacial score (nSPS) is 17.3. The molecule has 2 aliphatic rings. The van der Waals surface area contributed by atoms with Gasteiger partial charge < -0.3 is 20.1 Å². The number of hydrogen-bond donors (Lipinski definition) is 2. The number of carbonyl (C=O) groups is 1. The quantitative estimate of drug-likeness (QED) is 0.614. The maximum absolute atomic E-state index is 12.7. The predicted octanol–water partition coefficient (Wildman–Crippen LogP) is 2.40. The Kier molecular flexibility index (Phi) is 5.48. The van der Waals surface area contributed by atoms with Crippen molar-refractivity contribution in [2.75, 3.05) is 20.2 Å². The molecule has 32 heavy (non-hydrogen) atoms. The standard InChI is InChI=1S/C23H26N6O3/c1-32-21-12-15(6-9-24-21)19-14-26-29(23(19)31)20-5-2-16(13-25-20)22(30)27-17-7-10-28(11-8-17)18-3-4-18/h2,5-6,9,12-14,17-18,31H,3-4,7-8,10-11H2,1H3,(H,27,30). The summed E-state index contributed by atoms with van der Waals surface area (Å²) in [5, 5.41) is 18.1. The fourth-order valence-electron chi connectivity index (χ4n) is 4.16. The summed E-state index contributed by atoms with van der Waals surface area (Å²) >= 11 is 0. The smallest absolute Gasteiger partial charge is 0.253 e. The van der Waals surface area contributed by atoms with Crippen LogP contribution in [0.1, 0.15) is 36.0 Å². The van der Waals surface area contributed by atoms with E-state index in [9.17, 15) is 9.90 Å². The predicted molar refractivity (Wildman–Crippen MR) is 118 cm³/mol. The van der Waals surface area contributed by atoms with Gasteiger partial charge in [-0.3, -0.25) is 4.79 Å². The summed E-state index contributed by atoms with van der Waals surface area (Å²) in [5.41, 5.74) is 1.75. The Morgan fingerprint density at radius 1 is 1.12 bits per heavy atom. The van der Waals surface area contributed by atoms with Gasteiger partial charge in [-0.25, -0.2) is 9.97 Å². The van der Waals surface area contributed by atoms with E-state index in [2.05, 4.69) is 25.3 Å². The van der Waals surface area contributed by atoms with Crippen LogP contribution in [0.5, 0.6) is 11.8 Å². The van der Waals surface area contributed by atoms with Crippen LogP contribution in [0.4, 0.5) is 0 Å². The molecule has 1 aliphatic heterocycles. The number of amides is 1. The van der Waals surface area contributed by atoms with Crippen molar-refractivity contribution >= 4 is 5.91 Å². The van der Waals surface area contributed by atoms with E-state index >= 15 is 0 Å². The zero-order valence-corrected chi connectivity index (χ0v) is 17.9. The molecule has 1 saturated carbocycles. The number of piperidine rings is 1. The van der Waals surface area contributed by atoms with E-state index in [0.717, 1.165) is 37.5 Å². The summed E-state index contributed by atoms with van der Waals surface area (Å²) in [6.07, 6.45) is 9.28. The molecular formula is C23H26N6O3. The van der Waals surface area contributed by atoms with Crippen LogP contribution in [0, 0.1) is 0 Å². The Morgan fingerprint density at radius 2 is 1.94 bits per heavy atom. The minimum absolute atomic E-state index is 0.0506. The maximum atomic E-state index is 12.7. The maximum Gasteiger partial charge on any atom is 0.253 e. The first kappa shape index (κ1) is 20.4. The molecule has 166 valence electrons. The minimum atomic E-state index is -0.122. The number of nitrogens with one attached hydrogen (secondary N) is 1. The highest BCUT2D eigenvalue weighted by molar-refractivity contribution is 5.94. The van der Waals surface area contributed by atoms with E-state index < -0.39 is 0 Å². The van der Waals surface area contributed by atoms with Crippen molar-refractivity contribution in [2.24, 2.45) is 0 Å². The van der Waals surface area contributed by atoms with Crippen LogP contribution in [-0.2, 0) is 0 Å². The number of rotatable bonds is 6. The number of pyridine rings is 2. The molecule has 1 saturated heterocycles. The number of hydrogen-bond acceptors (Lipinski definition) is 7. The number of aromatic hydroxyl groups is 1. The Labute approximate surface area is 186 Å². The van der Waals surface area contributed by atoms with Gasteiger partial charge in [0, 0.05) is 43.6 Å². The summed E-state index contributed by atoms with van der Waals surface area (Å²) in [5.74, 6) is 0.693. The summed E-state index contributed by atoms with van der Waals surface area (Å²) in [7, 11) is 1.54. The van der Waals surface area contributed by atoms with Crippen LogP contribution in [0.25, 0.3) is 16.9 Å². The van der Waals surface area contributed by atoms with Gasteiger partial charge in [0.2, 0.25) is 11.8 Å². The SMILES string of the molecule is COc1cc(-c2cnn(-c3ccc(C(=O)NC4CCN(C5CC5)CC4)cn3)c2O)ccn1. The lowest BCUT2D eigenvalue weighted by Gasteiger charge is -2.32. The first-order valence-corrected chi connectivity index (χ1v) is 10.9. The molecule has 0 atom stereocenters. The van der Waals surface area contributed by atoms with Gasteiger partial charge >= 0.3 is 0 Å². The number of likely N-dealkylation sites (tertiary alicyclic amines) is 1. The fraction of sp³-hybridized carbons (Fsp3) is 0.391. The minimum Gasteiger partial charge on any atom is -0.493 e. The van der Waals surface area contributed by atoms with Gasteiger partial charge in [-0.1, -0.05) is 0 Å². The third kappa shape index (κ3) is 4.16. The molecule has 5 rings (SSSR count). The molecular weight excluding hydrogens is 408 g/mol. The molecule has 9 heteroatoms. The third-order valence-electron chi connectivity index (χ3n) is 6.15. The highest BCUT2D eigenvalue weighted by Crippen LogP contribution is 2.32. The van der Waals surface area contributed by atoms with Crippen LogP contribution < -0.4 is 10.1 Å². The first-order chi connectivity index (χ1) is 15.6.